The van der Waals surface area contributed by atoms with E-state index in [4.69, 9.17) is 21.1 Å². The van der Waals surface area contributed by atoms with Crippen LogP contribution in [0.5, 0.6) is 11.5 Å². The highest BCUT2D eigenvalue weighted by atomic mass is 35.5. The molecule has 0 bridgehead atoms. The highest BCUT2D eigenvalue weighted by Crippen LogP contribution is 2.31. The second-order valence-electron chi connectivity index (χ2n) is 6.63. The number of nitrogens with one attached hydrogen (secondary N) is 2. The molecule has 1 aromatic heterocycles. The quantitative estimate of drug-likeness (QED) is 0.416. The fourth-order valence-electron chi connectivity index (χ4n) is 2.63. The zero-order chi connectivity index (χ0) is 22.4. The van der Waals surface area contributed by atoms with Crippen LogP contribution in [0.15, 0.2) is 40.7 Å². The van der Waals surface area contributed by atoms with E-state index in [2.05, 4.69) is 20.8 Å². The van der Waals surface area contributed by atoms with E-state index in [0.29, 0.717) is 32.5 Å². The van der Waals surface area contributed by atoms with Gasteiger partial charge in [-0.1, -0.05) is 46.8 Å². The zero-order valence-corrected chi connectivity index (χ0v) is 20.0. The number of methoxy groups -OCH3 is 2. The molecule has 1 amide bonds. The van der Waals surface area contributed by atoms with Gasteiger partial charge >= 0.3 is 0 Å². The Balaban J connectivity index is 1.53. The summed E-state index contributed by atoms with van der Waals surface area (Å²) in [6.45, 7) is 4.17. The molecule has 0 aliphatic heterocycles. The Kier molecular flexibility index (Phi) is 8.00. The minimum absolute atomic E-state index is 0.0881. The van der Waals surface area contributed by atoms with E-state index in [-0.39, 0.29) is 11.2 Å². The van der Waals surface area contributed by atoms with E-state index in [1.807, 2.05) is 50.2 Å². The first-order valence-electron chi connectivity index (χ1n) is 9.41. The van der Waals surface area contributed by atoms with E-state index in [0.717, 1.165) is 16.8 Å². The van der Waals surface area contributed by atoms with Crippen molar-refractivity contribution in [2.24, 2.45) is 0 Å². The Morgan fingerprint density at radius 1 is 1.16 bits per heavy atom. The number of thioether (sulfide) groups is 1. The highest BCUT2D eigenvalue weighted by Gasteiger charge is 2.17. The van der Waals surface area contributed by atoms with Crippen LogP contribution in [0.3, 0.4) is 0 Å². The molecule has 0 aliphatic carbocycles. The van der Waals surface area contributed by atoms with Gasteiger partial charge in [-0.3, -0.25) is 4.79 Å². The minimum atomic E-state index is -0.324. The van der Waals surface area contributed by atoms with Gasteiger partial charge in [0.2, 0.25) is 11.0 Å². The third-order valence-corrected chi connectivity index (χ3v) is 6.82. The number of anilines is 2. The lowest BCUT2D eigenvalue weighted by molar-refractivity contribution is -0.120. The molecule has 7 nitrogen and oxygen atoms in total. The molecular weight excluding hydrogens is 456 g/mol. The van der Waals surface area contributed by atoms with Gasteiger partial charge in [-0.2, -0.15) is 0 Å². The number of aromatic nitrogens is 2. The van der Waals surface area contributed by atoms with Gasteiger partial charge in [-0.25, -0.2) is 0 Å². The molecule has 1 unspecified atom stereocenters. The molecule has 10 heteroatoms. The predicted molar refractivity (Wildman–Crippen MR) is 126 cm³/mol. The summed E-state index contributed by atoms with van der Waals surface area (Å²) in [5, 5.41) is 15.4. The summed E-state index contributed by atoms with van der Waals surface area (Å²) < 4.78 is 11.2. The number of carbonyl (C=O) groups excluding carboxylic acids is 1. The molecule has 31 heavy (non-hydrogen) atoms. The van der Waals surface area contributed by atoms with Gasteiger partial charge in [-0.15, -0.1) is 10.2 Å². The van der Waals surface area contributed by atoms with E-state index in [9.17, 15) is 4.79 Å². The largest absolute Gasteiger partial charge is 0.493 e. The Labute approximate surface area is 194 Å². The molecule has 3 rings (SSSR count). The van der Waals surface area contributed by atoms with Crippen molar-refractivity contribution in [2.45, 2.75) is 30.0 Å². The lowest BCUT2D eigenvalue weighted by Crippen LogP contribution is -2.30. The second-order valence-corrected chi connectivity index (χ2v) is 9.60. The summed E-state index contributed by atoms with van der Waals surface area (Å²) in [5.74, 6) is 1.19. The Morgan fingerprint density at radius 2 is 1.94 bits per heavy atom. The van der Waals surface area contributed by atoms with Crippen LogP contribution in [0.1, 0.15) is 18.1 Å². The lowest BCUT2D eigenvalue weighted by Gasteiger charge is -2.12. The lowest BCUT2D eigenvalue weighted by atomic mass is 10.2. The third-order valence-electron chi connectivity index (χ3n) is 4.39. The van der Waals surface area contributed by atoms with Crippen LogP contribution in [-0.4, -0.2) is 35.6 Å². The van der Waals surface area contributed by atoms with Crippen molar-refractivity contribution in [3.8, 4) is 11.5 Å². The molecule has 1 heterocycles. The molecule has 0 saturated heterocycles. The van der Waals surface area contributed by atoms with Crippen LogP contribution in [0.2, 0.25) is 5.02 Å². The van der Waals surface area contributed by atoms with Gasteiger partial charge in [0.15, 0.2) is 15.8 Å². The number of hydrogen-bond acceptors (Lipinski definition) is 8. The third kappa shape index (κ3) is 6.25. The van der Waals surface area contributed by atoms with Crippen molar-refractivity contribution in [3.05, 3.63) is 52.5 Å². The summed E-state index contributed by atoms with van der Waals surface area (Å²) in [6, 6.07) is 11.3. The maximum atomic E-state index is 12.5. The van der Waals surface area contributed by atoms with Crippen molar-refractivity contribution in [1.29, 1.82) is 0 Å². The number of benzene rings is 2. The van der Waals surface area contributed by atoms with Gasteiger partial charge in [0, 0.05) is 17.3 Å². The average molecular weight is 479 g/mol. The molecule has 0 radical (unpaired) electrons. The highest BCUT2D eigenvalue weighted by molar-refractivity contribution is 8.02. The summed E-state index contributed by atoms with van der Waals surface area (Å²) in [4.78, 5) is 12.5. The summed E-state index contributed by atoms with van der Waals surface area (Å²) in [7, 11) is 3.17. The van der Waals surface area contributed by atoms with E-state index < -0.39 is 0 Å². The molecule has 0 spiro atoms. The second kappa shape index (κ2) is 10.7. The monoisotopic (exact) mass is 478 g/mol. The smallest absolute Gasteiger partial charge is 0.233 e. The first kappa shape index (κ1) is 23.2. The Bertz CT molecular complexity index is 1060. The fraction of sp³-hybridized carbons (Fsp3) is 0.286. The van der Waals surface area contributed by atoms with Gasteiger partial charge in [0.25, 0.3) is 0 Å². The minimum Gasteiger partial charge on any atom is -0.493 e. The first-order valence-corrected chi connectivity index (χ1v) is 11.5. The van der Waals surface area contributed by atoms with Crippen LogP contribution >= 0.6 is 34.7 Å². The summed E-state index contributed by atoms with van der Waals surface area (Å²) in [6.07, 6.45) is 0. The summed E-state index contributed by atoms with van der Waals surface area (Å²) in [5.41, 5.74) is 2.76. The Morgan fingerprint density at radius 3 is 2.65 bits per heavy atom. The number of carbonyl (C=O) groups is 1. The standard InChI is InChI=1S/C21H23ClN4O3S2/c1-12-5-7-15(10-16(12)22)24-20-25-26-21(31-20)30-13(2)19(27)23-11-14-6-8-17(28-3)18(9-14)29-4/h5-10,13H,11H2,1-4H3,(H,23,27)(H,24,25). The first-order chi connectivity index (χ1) is 14.9. The molecule has 0 aliphatic rings. The summed E-state index contributed by atoms with van der Waals surface area (Å²) >= 11 is 8.90. The van der Waals surface area contributed by atoms with Crippen LogP contribution in [-0.2, 0) is 11.3 Å². The van der Waals surface area contributed by atoms with Crippen molar-refractivity contribution >= 4 is 51.4 Å². The zero-order valence-electron chi connectivity index (χ0n) is 17.6. The SMILES string of the molecule is COc1ccc(CNC(=O)C(C)Sc2nnc(Nc3ccc(C)c(Cl)c3)s2)cc1OC. The van der Waals surface area contributed by atoms with Gasteiger partial charge in [0.05, 0.1) is 19.5 Å². The average Bonchev–Trinajstić information content (AvgIpc) is 3.20. The number of nitrogens with zero attached hydrogens (tertiary/aromatic N) is 2. The van der Waals surface area contributed by atoms with E-state index in [1.54, 1.807) is 14.2 Å². The topological polar surface area (TPSA) is 85.4 Å². The maximum Gasteiger partial charge on any atom is 0.233 e. The van der Waals surface area contributed by atoms with Crippen molar-refractivity contribution in [3.63, 3.8) is 0 Å². The Hall–Kier alpha value is -2.49. The van der Waals surface area contributed by atoms with Crippen LogP contribution in [0, 0.1) is 6.92 Å². The van der Waals surface area contributed by atoms with Crippen molar-refractivity contribution < 1.29 is 14.3 Å². The van der Waals surface area contributed by atoms with Crippen molar-refractivity contribution in [1.82, 2.24) is 15.5 Å². The fourth-order valence-corrected chi connectivity index (χ4v) is 4.75. The van der Waals surface area contributed by atoms with Crippen LogP contribution in [0.25, 0.3) is 0 Å². The van der Waals surface area contributed by atoms with Gasteiger partial charge in [0.1, 0.15) is 0 Å². The molecule has 2 N–H and O–H groups in total. The number of hydrogen-bond donors (Lipinski definition) is 2. The molecule has 1 atom stereocenters. The van der Waals surface area contributed by atoms with Crippen LogP contribution < -0.4 is 20.1 Å². The van der Waals surface area contributed by atoms with E-state index in [1.165, 1.54) is 23.1 Å². The maximum absolute atomic E-state index is 12.5. The number of rotatable bonds is 9. The number of ether oxygens (including phenoxy) is 2. The predicted octanol–water partition coefficient (Wildman–Crippen LogP) is 5.06. The number of aryl methyl sites for hydroxylation is 1. The normalized spacial score (nSPS) is 11.6. The van der Waals surface area contributed by atoms with Gasteiger partial charge < -0.3 is 20.1 Å². The molecule has 164 valence electrons. The molecule has 3 aromatic rings. The van der Waals surface area contributed by atoms with E-state index >= 15 is 0 Å². The molecular formula is C21H23ClN4O3S2. The van der Waals surface area contributed by atoms with Gasteiger partial charge in [-0.05, 0) is 49.2 Å². The number of amides is 1. The molecule has 0 saturated carbocycles. The molecule has 0 fully saturated rings. The van der Waals surface area contributed by atoms with Crippen LogP contribution in [0.4, 0.5) is 10.8 Å². The number of halogens is 1. The van der Waals surface area contributed by atoms with Crippen molar-refractivity contribution in [2.75, 3.05) is 19.5 Å². The molecule has 2 aromatic carbocycles.